The van der Waals surface area contributed by atoms with Gasteiger partial charge in [0.15, 0.2) is 0 Å². The molecule has 6 nitrogen and oxygen atoms in total. The molecule has 0 aromatic heterocycles. The van der Waals surface area contributed by atoms with Crippen molar-refractivity contribution in [2.45, 2.75) is 44.3 Å². The first-order valence-corrected chi connectivity index (χ1v) is 4.76. The Kier molecular flexibility index (Phi) is 6.62. The van der Waals surface area contributed by atoms with E-state index in [-0.39, 0.29) is 6.04 Å². The number of aliphatic hydroxyl groups excluding tert-OH is 5. The van der Waals surface area contributed by atoms with Crippen LogP contribution in [0.5, 0.6) is 0 Å². The highest BCUT2D eigenvalue weighted by Crippen LogP contribution is 2.04. The number of aliphatic hydroxyl groups is 5. The van der Waals surface area contributed by atoms with Crippen LogP contribution in [-0.2, 0) is 0 Å². The van der Waals surface area contributed by atoms with Gasteiger partial charge in [0.2, 0.25) is 0 Å². The number of hydrogen-bond acceptors (Lipinski definition) is 6. The first-order chi connectivity index (χ1) is 6.90. The Labute approximate surface area is 88.5 Å². The van der Waals surface area contributed by atoms with Crippen molar-refractivity contribution in [3.05, 3.63) is 0 Å². The lowest BCUT2D eigenvalue weighted by Crippen LogP contribution is -2.46. The molecular weight excluding hydrogens is 202 g/mol. The summed E-state index contributed by atoms with van der Waals surface area (Å²) in [6, 6.07) is -0.0354. The Bertz CT molecular complexity index is 197. The molecule has 0 rings (SSSR count). The summed E-state index contributed by atoms with van der Waals surface area (Å²) in [6.07, 6.45) is -4.94. The maximum Gasteiger partial charge on any atom is 0.117 e. The quantitative estimate of drug-likeness (QED) is 0.330. The third kappa shape index (κ3) is 5.19. The van der Waals surface area contributed by atoms with Crippen molar-refractivity contribution >= 4 is 6.21 Å². The summed E-state index contributed by atoms with van der Waals surface area (Å²) in [6.45, 7) is 2.88. The molecule has 0 aliphatic carbocycles. The van der Waals surface area contributed by atoms with Crippen LogP contribution >= 0.6 is 0 Å². The summed E-state index contributed by atoms with van der Waals surface area (Å²) < 4.78 is 0. The maximum absolute atomic E-state index is 9.34. The molecule has 6 heteroatoms. The van der Waals surface area contributed by atoms with E-state index in [1.165, 1.54) is 0 Å². The Morgan fingerprint density at radius 2 is 1.60 bits per heavy atom. The predicted molar refractivity (Wildman–Crippen MR) is 54.7 cm³/mol. The van der Waals surface area contributed by atoms with Gasteiger partial charge in [0.05, 0.1) is 6.61 Å². The molecule has 0 radical (unpaired) electrons. The van der Waals surface area contributed by atoms with Crippen LogP contribution in [0.25, 0.3) is 0 Å². The first kappa shape index (κ1) is 14.5. The maximum atomic E-state index is 9.34. The van der Waals surface area contributed by atoms with Crippen LogP contribution in [-0.4, -0.2) is 68.8 Å². The van der Waals surface area contributed by atoms with Gasteiger partial charge in [-0.1, -0.05) is 0 Å². The number of aliphatic imine (C=N–C) groups is 1. The number of rotatable bonds is 6. The van der Waals surface area contributed by atoms with Gasteiger partial charge in [0.25, 0.3) is 0 Å². The first-order valence-electron chi connectivity index (χ1n) is 4.76. The SMILES string of the molecule is CC(C)/N=C/[C@H](O)[C@@H](O)[C@H](O)[C@H](O)CO. The van der Waals surface area contributed by atoms with Crippen molar-refractivity contribution < 1.29 is 25.5 Å². The minimum absolute atomic E-state index is 0.0354. The highest BCUT2D eigenvalue weighted by atomic mass is 16.4. The van der Waals surface area contributed by atoms with E-state index in [1.807, 2.05) is 0 Å². The summed E-state index contributed by atoms with van der Waals surface area (Å²) in [4.78, 5) is 3.82. The number of nitrogens with zero attached hydrogens (tertiary/aromatic N) is 1. The molecule has 0 aliphatic heterocycles. The zero-order valence-electron chi connectivity index (χ0n) is 8.85. The van der Waals surface area contributed by atoms with E-state index in [2.05, 4.69) is 4.99 Å². The van der Waals surface area contributed by atoms with E-state index in [0.29, 0.717) is 0 Å². The monoisotopic (exact) mass is 221 g/mol. The third-order valence-electron chi connectivity index (χ3n) is 1.82. The van der Waals surface area contributed by atoms with Gasteiger partial charge >= 0.3 is 0 Å². The lowest BCUT2D eigenvalue weighted by atomic mass is 10.0. The normalized spacial score (nSPS) is 20.5. The molecule has 0 saturated carbocycles. The molecule has 15 heavy (non-hydrogen) atoms. The molecule has 0 aliphatic rings. The standard InChI is InChI=1S/C9H19NO5/c1-5(2)10-3-6(12)8(14)9(15)7(13)4-11/h3,5-9,11-15H,4H2,1-2H3/b10-3+/t6-,7+,8+,9+/m0/s1. The Balaban J connectivity index is 4.24. The lowest BCUT2D eigenvalue weighted by Gasteiger charge is -2.23. The van der Waals surface area contributed by atoms with Gasteiger partial charge in [0.1, 0.15) is 24.4 Å². The van der Waals surface area contributed by atoms with Crippen LogP contribution in [0.3, 0.4) is 0 Å². The second-order valence-corrected chi connectivity index (χ2v) is 3.61. The Morgan fingerprint density at radius 3 is 2.00 bits per heavy atom. The van der Waals surface area contributed by atoms with Gasteiger partial charge in [-0.05, 0) is 13.8 Å². The smallest absolute Gasteiger partial charge is 0.117 e. The van der Waals surface area contributed by atoms with Gasteiger partial charge in [-0.25, -0.2) is 0 Å². The van der Waals surface area contributed by atoms with Crippen molar-refractivity contribution in [1.29, 1.82) is 0 Å². The minimum Gasteiger partial charge on any atom is -0.394 e. The Hall–Kier alpha value is -0.530. The molecule has 5 N–H and O–H groups in total. The third-order valence-corrected chi connectivity index (χ3v) is 1.82. The van der Waals surface area contributed by atoms with E-state index < -0.39 is 31.0 Å². The van der Waals surface area contributed by atoms with Crippen LogP contribution in [0.1, 0.15) is 13.8 Å². The largest absolute Gasteiger partial charge is 0.394 e. The molecule has 0 unspecified atom stereocenters. The topological polar surface area (TPSA) is 114 Å². The summed E-state index contributed by atoms with van der Waals surface area (Å²) >= 11 is 0. The molecule has 0 aromatic rings. The molecule has 0 heterocycles. The molecule has 0 fully saturated rings. The van der Waals surface area contributed by atoms with Crippen molar-refractivity contribution in [3.8, 4) is 0 Å². The second-order valence-electron chi connectivity index (χ2n) is 3.61. The van der Waals surface area contributed by atoms with Gasteiger partial charge in [0, 0.05) is 12.3 Å². The van der Waals surface area contributed by atoms with Gasteiger partial charge in [-0.3, -0.25) is 4.99 Å². The summed E-state index contributed by atoms with van der Waals surface area (Å²) in [5.41, 5.74) is 0. The van der Waals surface area contributed by atoms with Crippen LogP contribution in [0.4, 0.5) is 0 Å². The van der Waals surface area contributed by atoms with Gasteiger partial charge in [-0.15, -0.1) is 0 Å². The zero-order valence-corrected chi connectivity index (χ0v) is 8.85. The van der Waals surface area contributed by atoms with Crippen molar-refractivity contribution in [2.24, 2.45) is 4.99 Å². The van der Waals surface area contributed by atoms with E-state index in [4.69, 9.17) is 10.2 Å². The lowest BCUT2D eigenvalue weighted by molar-refractivity contribution is -0.0999. The van der Waals surface area contributed by atoms with Crippen molar-refractivity contribution in [2.75, 3.05) is 6.61 Å². The summed E-state index contributed by atoms with van der Waals surface area (Å²) in [5, 5.41) is 45.4. The fourth-order valence-corrected chi connectivity index (χ4v) is 0.886. The van der Waals surface area contributed by atoms with Crippen molar-refractivity contribution in [3.63, 3.8) is 0 Å². The van der Waals surface area contributed by atoms with Crippen LogP contribution in [0, 0.1) is 0 Å². The van der Waals surface area contributed by atoms with Crippen LogP contribution in [0.2, 0.25) is 0 Å². The number of hydrogen-bond donors (Lipinski definition) is 5. The van der Waals surface area contributed by atoms with Crippen LogP contribution in [0.15, 0.2) is 4.99 Å². The fourth-order valence-electron chi connectivity index (χ4n) is 0.886. The van der Waals surface area contributed by atoms with Crippen molar-refractivity contribution in [1.82, 2.24) is 0 Å². The predicted octanol–water partition coefficient (Wildman–Crippen LogP) is -2.10. The summed E-state index contributed by atoms with van der Waals surface area (Å²) in [7, 11) is 0. The highest BCUT2D eigenvalue weighted by Gasteiger charge is 2.28. The highest BCUT2D eigenvalue weighted by molar-refractivity contribution is 5.63. The molecule has 0 spiro atoms. The van der Waals surface area contributed by atoms with E-state index >= 15 is 0 Å². The minimum atomic E-state index is -1.61. The van der Waals surface area contributed by atoms with Crippen LogP contribution < -0.4 is 0 Å². The molecule has 0 saturated heterocycles. The molecule has 0 aromatic carbocycles. The molecule has 0 amide bonds. The summed E-state index contributed by atoms with van der Waals surface area (Å²) in [5.74, 6) is 0. The zero-order chi connectivity index (χ0) is 12.0. The second kappa shape index (κ2) is 6.86. The average molecular weight is 221 g/mol. The molecule has 4 atom stereocenters. The van der Waals surface area contributed by atoms with E-state index in [0.717, 1.165) is 6.21 Å². The van der Waals surface area contributed by atoms with Gasteiger partial charge < -0.3 is 25.5 Å². The van der Waals surface area contributed by atoms with Gasteiger partial charge in [-0.2, -0.15) is 0 Å². The van der Waals surface area contributed by atoms with E-state index in [1.54, 1.807) is 13.8 Å². The van der Waals surface area contributed by atoms with E-state index in [9.17, 15) is 15.3 Å². The molecule has 0 bridgehead atoms. The Morgan fingerprint density at radius 1 is 1.07 bits per heavy atom. The molecule has 90 valence electrons. The fraction of sp³-hybridized carbons (Fsp3) is 0.889. The average Bonchev–Trinajstić information content (AvgIpc) is 2.22. The molecular formula is C9H19NO5.